The van der Waals surface area contributed by atoms with Crippen molar-refractivity contribution in [2.45, 2.75) is 13.1 Å². The number of nitrogens with one attached hydrogen (secondary N) is 6. The van der Waals surface area contributed by atoms with Gasteiger partial charge < -0.3 is 30.9 Å². The molecule has 0 saturated heterocycles. The van der Waals surface area contributed by atoms with E-state index in [4.69, 9.17) is 31.0 Å². The van der Waals surface area contributed by atoms with Gasteiger partial charge in [-0.3, -0.25) is 48.4 Å². The quantitative estimate of drug-likeness (QED) is 0.0292. The second-order valence-corrected chi connectivity index (χ2v) is 33.2. The van der Waals surface area contributed by atoms with Crippen molar-refractivity contribution in [1.29, 1.82) is 0 Å². The molecule has 0 aliphatic heterocycles. The Morgan fingerprint density at radius 3 is 1.28 bits per heavy atom. The van der Waals surface area contributed by atoms with E-state index >= 15 is 0 Å². The van der Waals surface area contributed by atoms with Crippen molar-refractivity contribution in [2.24, 2.45) is 0 Å². The lowest BCUT2D eigenvalue weighted by Crippen LogP contribution is -2.09. The maximum Gasteiger partial charge on any atom is 0.229 e. The van der Waals surface area contributed by atoms with E-state index in [2.05, 4.69) is 126 Å². The molecule has 0 aliphatic carbocycles. The SMILES string of the molecule is COc1ccc(Cn2nc(-c3nc4ccc(NS(C)(=O)=O)cc4[nH]3)c3cc(-c4cncc5ccccc45)ccc32)cc1.COc1ccc(Cn2nc(C=O)c3cc(-c4cncc5ccccc45)ccc32)cc1.CS(=O)(=O)Nc1ccc(N)c(N)c1.CS(=O)(=O)Nc1ccc2nc(-c3n[nH]c4ccc(-c5cncc6ccccc56)cc34)[nH]c2c1. The number of nitrogens with two attached hydrogens (primary N) is 2. The molecule has 0 radical (unpaired) electrons. The highest BCUT2D eigenvalue weighted by Gasteiger charge is 2.22. The van der Waals surface area contributed by atoms with Gasteiger partial charge in [-0.25, -0.2) is 35.2 Å². The normalized spacial score (nSPS) is 11.6. The van der Waals surface area contributed by atoms with Gasteiger partial charge in [-0.15, -0.1) is 0 Å². The van der Waals surface area contributed by atoms with E-state index in [1.54, 1.807) is 62.8 Å². The number of hydrogen-bond donors (Lipinski definition) is 8. The third-order valence-corrected chi connectivity index (χ3v) is 21.4. The van der Waals surface area contributed by atoms with Gasteiger partial charge >= 0.3 is 0 Å². The molecule has 0 bridgehead atoms. The highest BCUT2D eigenvalue weighted by Crippen LogP contribution is 2.38. The van der Waals surface area contributed by atoms with Crippen LogP contribution in [0.1, 0.15) is 21.6 Å². The number of fused-ring (bicyclic) bond motifs is 8. The van der Waals surface area contributed by atoms with Crippen LogP contribution >= 0.6 is 0 Å². The zero-order valence-electron chi connectivity index (χ0n) is 63.9. The number of pyridine rings is 3. The van der Waals surface area contributed by atoms with E-state index < -0.39 is 30.1 Å². The number of aldehydes is 1. The molecule has 588 valence electrons. The summed E-state index contributed by atoms with van der Waals surface area (Å²) in [5.41, 5.74) is 28.8. The number of aromatic amines is 3. The molecule has 8 aromatic heterocycles. The third kappa shape index (κ3) is 17.0. The Morgan fingerprint density at radius 1 is 0.407 bits per heavy atom. The van der Waals surface area contributed by atoms with Gasteiger partial charge in [0.1, 0.15) is 28.6 Å². The monoisotopic (exact) mass is 1620 g/mol. The van der Waals surface area contributed by atoms with E-state index in [1.807, 2.05) is 156 Å². The molecule has 0 fully saturated rings. The number of rotatable bonds is 18. The largest absolute Gasteiger partial charge is 0.497 e. The first kappa shape index (κ1) is 77.1. The summed E-state index contributed by atoms with van der Waals surface area (Å²) in [5.74, 6) is 2.80. The molecule has 0 unspecified atom stereocenters. The number of carbonyl (C=O) groups excluding carboxylic acids is 1. The van der Waals surface area contributed by atoms with Crippen molar-refractivity contribution < 1.29 is 39.5 Å². The van der Waals surface area contributed by atoms with Gasteiger partial charge in [-0.05, 0) is 159 Å². The minimum atomic E-state index is -3.41. The number of aromatic nitrogens is 13. The lowest BCUT2D eigenvalue weighted by Gasteiger charge is -2.08. The van der Waals surface area contributed by atoms with Gasteiger partial charge in [0.15, 0.2) is 17.9 Å². The van der Waals surface area contributed by atoms with Crippen molar-refractivity contribution in [1.82, 2.24) is 64.6 Å². The lowest BCUT2D eigenvalue weighted by atomic mass is 9.99. The van der Waals surface area contributed by atoms with Gasteiger partial charge in [0.2, 0.25) is 30.1 Å². The summed E-state index contributed by atoms with van der Waals surface area (Å²) in [4.78, 5) is 41.1. The summed E-state index contributed by atoms with van der Waals surface area (Å²) >= 11 is 0. The van der Waals surface area contributed by atoms with Crippen molar-refractivity contribution in [2.75, 3.05) is 58.6 Å². The minimum Gasteiger partial charge on any atom is -0.497 e. The Balaban J connectivity index is 0.000000124. The number of H-pyrrole nitrogens is 3. The summed E-state index contributed by atoms with van der Waals surface area (Å²) in [6.07, 6.45) is 15.4. The van der Waals surface area contributed by atoms with Crippen LogP contribution in [0.15, 0.2) is 268 Å². The van der Waals surface area contributed by atoms with Gasteiger partial charge in [0.05, 0.1) is 113 Å². The highest BCUT2D eigenvalue weighted by atomic mass is 32.2. The van der Waals surface area contributed by atoms with Crippen molar-refractivity contribution in [3.8, 4) is 67.9 Å². The van der Waals surface area contributed by atoms with Gasteiger partial charge in [0, 0.05) is 86.2 Å². The van der Waals surface area contributed by atoms with Crippen molar-refractivity contribution >= 4 is 152 Å². The maximum atomic E-state index is 11.8. The number of carbonyl (C=O) groups is 1. The molecule has 0 saturated carbocycles. The van der Waals surface area contributed by atoms with Crippen LogP contribution in [0, 0.1) is 0 Å². The number of sulfonamides is 3. The molecular formula is C88H74N18O9S3. The van der Waals surface area contributed by atoms with Crippen molar-refractivity contribution in [3.63, 3.8) is 0 Å². The topological polar surface area (TPSA) is 386 Å². The summed E-state index contributed by atoms with van der Waals surface area (Å²) in [5, 5.41) is 26.5. The molecule has 30 heteroatoms. The highest BCUT2D eigenvalue weighted by molar-refractivity contribution is 7.92. The van der Waals surface area contributed by atoms with E-state index in [-0.39, 0.29) is 0 Å². The first-order chi connectivity index (χ1) is 56.9. The number of hydrogen-bond acceptors (Lipinski definition) is 19. The summed E-state index contributed by atoms with van der Waals surface area (Å²) in [6, 6.07) is 73.8. The second-order valence-electron chi connectivity index (χ2n) is 28.0. The zero-order valence-corrected chi connectivity index (χ0v) is 66.4. The molecule has 0 atom stereocenters. The summed E-state index contributed by atoms with van der Waals surface area (Å²) in [6.45, 7) is 1.13. The fraction of sp³-hybridized carbons (Fsp3) is 0.0795. The fourth-order valence-corrected chi connectivity index (χ4v) is 15.7. The van der Waals surface area contributed by atoms with Gasteiger partial charge in [0.25, 0.3) is 0 Å². The Bertz CT molecular complexity index is 7420. The number of nitrogen functional groups attached to an aromatic ring is 2. The third-order valence-electron chi connectivity index (χ3n) is 19.5. The maximum absolute atomic E-state index is 11.8. The number of nitrogens with zero attached hydrogens (tertiary/aromatic N) is 10. The van der Waals surface area contributed by atoms with E-state index in [9.17, 15) is 30.0 Å². The Hall–Kier alpha value is -14.9. The summed E-state index contributed by atoms with van der Waals surface area (Å²) < 4.78 is 89.9. The van der Waals surface area contributed by atoms with Gasteiger partial charge in [-0.1, -0.05) is 115 Å². The molecule has 0 spiro atoms. The molecule has 19 rings (SSSR count). The standard InChI is InChI=1S/C32H26N6O3S.C25H19N3O2.C24H18N6O2S.C7H11N3O2S/c1-41-24-11-7-20(8-12-24)19-38-30-14-9-21(27-18-33-17-22-5-3-4-6-25(22)27)15-26(30)31(36-38)32-34-28-13-10-23(16-29(28)35-32)37-42(2,39)40;1-30-20-9-6-17(7-10-20)15-28-25-11-8-18(12-22(25)24(16-29)27-28)23-14-26-13-19-4-2-3-5-21(19)23;1-33(31,32)30-16-7-9-21-22(11-16)27-24(26-21)23-18-10-14(6-8-20(18)28-29-23)19-13-25-12-15-4-2-3-5-17(15)19;1-13(11,12)10-5-2-3-6(8)7(9)4-5/h3-18,37H,19H2,1-2H3,(H,34,35);2-14,16H,15H2,1H3;2-13,30H,1H3,(H,26,27)(H,28,29);2-4,10H,8-9H2,1H3. The molecule has 27 nitrogen and oxygen atoms in total. The van der Waals surface area contributed by atoms with E-state index in [0.29, 0.717) is 86.8 Å². The molecular weight excluding hydrogens is 1550 g/mol. The minimum absolute atomic E-state index is 0.355. The van der Waals surface area contributed by atoms with Crippen molar-refractivity contribution in [3.05, 3.63) is 285 Å². The van der Waals surface area contributed by atoms with Crippen LogP contribution in [-0.2, 0) is 43.2 Å². The van der Waals surface area contributed by atoms with Crippen LogP contribution in [0.4, 0.5) is 28.4 Å². The van der Waals surface area contributed by atoms with Crippen LogP contribution in [-0.4, -0.2) is 129 Å². The fourth-order valence-electron chi connectivity index (χ4n) is 14.1. The molecule has 11 aromatic carbocycles. The molecule has 10 N–H and O–H groups in total. The lowest BCUT2D eigenvalue weighted by molar-refractivity contribution is 0.111. The first-order valence-electron chi connectivity index (χ1n) is 36.7. The Kier molecular flexibility index (Phi) is 21.0. The smallest absolute Gasteiger partial charge is 0.229 e. The Labute approximate surface area is 676 Å². The van der Waals surface area contributed by atoms with Crippen LogP contribution < -0.4 is 35.1 Å². The average molecular weight is 1620 g/mol. The average Bonchev–Trinajstić information content (AvgIpc) is 1.49. The predicted octanol–water partition coefficient (Wildman–Crippen LogP) is 16.3. The molecule has 19 aromatic rings. The number of benzene rings is 11. The van der Waals surface area contributed by atoms with Gasteiger partial charge in [-0.2, -0.15) is 15.3 Å². The second kappa shape index (κ2) is 32.2. The van der Waals surface area contributed by atoms with E-state index in [1.165, 1.54) is 6.07 Å². The number of methoxy groups -OCH3 is 2. The molecule has 118 heavy (non-hydrogen) atoms. The van der Waals surface area contributed by atoms with Crippen LogP contribution in [0.2, 0.25) is 0 Å². The van der Waals surface area contributed by atoms with Crippen LogP contribution in [0.5, 0.6) is 11.5 Å². The molecule has 0 amide bonds. The van der Waals surface area contributed by atoms with E-state index in [0.717, 1.165) is 152 Å². The Morgan fingerprint density at radius 2 is 0.822 bits per heavy atom. The molecule has 8 heterocycles. The van der Waals surface area contributed by atoms with Crippen LogP contribution in [0.25, 0.3) is 144 Å². The molecule has 0 aliphatic rings. The zero-order chi connectivity index (χ0) is 82.0. The first-order valence-corrected chi connectivity index (χ1v) is 42.4. The van der Waals surface area contributed by atoms with Crippen LogP contribution in [0.3, 0.4) is 0 Å². The number of imidazole rings is 2. The predicted molar refractivity (Wildman–Crippen MR) is 468 cm³/mol. The number of anilines is 5. The number of ether oxygens (including phenoxy) is 2. The summed E-state index contributed by atoms with van der Waals surface area (Å²) in [7, 11) is -6.73.